The molecule has 2 fully saturated rings. The summed E-state index contributed by atoms with van der Waals surface area (Å²) in [5.41, 5.74) is 4.25. The number of nitrogens with zero attached hydrogens (tertiary/aromatic N) is 1. The fourth-order valence-electron chi connectivity index (χ4n) is 5.36. The first kappa shape index (κ1) is 20.9. The van der Waals surface area contributed by atoms with Gasteiger partial charge in [0.2, 0.25) is 11.8 Å². The maximum Gasteiger partial charge on any atom is 0.255 e. The van der Waals surface area contributed by atoms with Crippen LogP contribution in [0.3, 0.4) is 0 Å². The molecule has 2 N–H and O–H groups in total. The third kappa shape index (κ3) is 4.19. The summed E-state index contributed by atoms with van der Waals surface area (Å²) in [5, 5.41) is 6.05. The Labute approximate surface area is 188 Å². The molecule has 3 aliphatic rings. The Balaban J connectivity index is 1.16. The lowest BCUT2D eigenvalue weighted by molar-refractivity contribution is -0.136. The average molecular weight is 432 g/mol. The highest BCUT2D eigenvalue weighted by molar-refractivity contribution is 6.05. The Morgan fingerprint density at radius 2 is 1.72 bits per heavy atom. The molecule has 1 saturated heterocycles. The highest BCUT2D eigenvalue weighted by atomic mass is 16.2. The van der Waals surface area contributed by atoms with Crippen LogP contribution in [0.15, 0.2) is 48.5 Å². The monoisotopic (exact) mass is 431 g/mol. The van der Waals surface area contributed by atoms with Gasteiger partial charge >= 0.3 is 0 Å². The Kier molecular flexibility index (Phi) is 5.79. The fraction of sp³-hybridized carbons (Fsp3) is 0.423. The van der Waals surface area contributed by atoms with Crippen molar-refractivity contribution >= 4 is 17.7 Å². The van der Waals surface area contributed by atoms with Gasteiger partial charge in [-0.3, -0.25) is 19.7 Å². The minimum Gasteiger partial charge on any atom is -0.322 e. The van der Waals surface area contributed by atoms with Gasteiger partial charge < -0.3 is 10.2 Å². The molecule has 2 aromatic rings. The Morgan fingerprint density at radius 3 is 2.47 bits per heavy atom. The van der Waals surface area contributed by atoms with E-state index in [1.807, 2.05) is 12.1 Å². The predicted octanol–water partition coefficient (Wildman–Crippen LogP) is 3.26. The van der Waals surface area contributed by atoms with E-state index in [4.69, 9.17) is 0 Å². The van der Waals surface area contributed by atoms with E-state index >= 15 is 0 Å². The van der Waals surface area contributed by atoms with E-state index in [1.54, 1.807) is 4.90 Å². The zero-order valence-electron chi connectivity index (χ0n) is 18.2. The molecular weight excluding hydrogens is 402 g/mol. The first-order valence-corrected chi connectivity index (χ1v) is 11.6. The average Bonchev–Trinajstić information content (AvgIpc) is 3.14. The Morgan fingerprint density at radius 1 is 0.938 bits per heavy atom. The maximum atomic E-state index is 12.8. The van der Waals surface area contributed by atoms with E-state index in [0.717, 1.165) is 17.7 Å². The Hall–Kier alpha value is -2.99. The quantitative estimate of drug-likeness (QED) is 0.713. The number of piperidine rings is 1. The van der Waals surface area contributed by atoms with E-state index in [1.165, 1.54) is 31.2 Å². The highest BCUT2D eigenvalue weighted by Crippen LogP contribution is 2.33. The highest BCUT2D eigenvalue weighted by Gasteiger charge is 2.39. The van der Waals surface area contributed by atoms with E-state index in [9.17, 15) is 14.4 Å². The number of imide groups is 1. The zero-order valence-corrected chi connectivity index (χ0v) is 18.2. The Bertz CT molecular complexity index is 1030. The van der Waals surface area contributed by atoms with Crippen molar-refractivity contribution in [2.45, 2.75) is 69.6 Å². The van der Waals surface area contributed by atoms with Crippen molar-refractivity contribution in [1.82, 2.24) is 15.5 Å². The van der Waals surface area contributed by atoms with Crippen molar-refractivity contribution < 1.29 is 14.4 Å². The summed E-state index contributed by atoms with van der Waals surface area (Å²) in [5.74, 6) is -0.0799. The molecule has 6 nitrogen and oxygen atoms in total. The molecular formula is C26H29N3O3. The molecule has 3 amide bonds. The number of nitrogens with one attached hydrogen (secondary N) is 2. The van der Waals surface area contributed by atoms with E-state index in [2.05, 4.69) is 47.0 Å². The number of benzene rings is 2. The van der Waals surface area contributed by atoms with Crippen LogP contribution in [0, 0.1) is 0 Å². The second-order valence-electron chi connectivity index (χ2n) is 9.23. The second kappa shape index (κ2) is 8.87. The number of carbonyl (C=O) groups excluding carboxylic acids is 3. The summed E-state index contributed by atoms with van der Waals surface area (Å²) in [4.78, 5) is 38.1. The molecule has 1 unspecified atom stereocenters. The fourth-order valence-corrected chi connectivity index (χ4v) is 5.36. The van der Waals surface area contributed by atoms with Crippen LogP contribution in [0.5, 0.6) is 0 Å². The predicted molar refractivity (Wildman–Crippen MR) is 121 cm³/mol. The third-order valence-corrected chi connectivity index (χ3v) is 7.18. The van der Waals surface area contributed by atoms with Crippen molar-refractivity contribution in [2.24, 2.45) is 0 Å². The van der Waals surface area contributed by atoms with Crippen LogP contribution in [0.2, 0.25) is 0 Å². The molecule has 1 saturated carbocycles. The molecule has 2 aromatic carbocycles. The number of carbonyl (C=O) groups is 3. The van der Waals surface area contributed by atoms with Gasteiger partial charge in [-0.1, -0.05) is 42.5 Å². The maximum absolute atomic E-state index is 12.8. The summed E-state index contributed by atoms with van der Waals surface area (Å²) >= 11 is 0. The molecule has 1 atom stereocenters. The number of fused-ring (bicyclic) bond motifs is 1. The summed E-state index contributed by atoms with van der Waals surface area (Å²) in [7, 11) is 0. The van der Waals surface area contributed by atoms with Crippen LogP contribution < -0.4 is 10.6 Å². The zero-order chi connectivity index (χ0) is 22.1. The first-order valence-electron chi connectivity index (χ1n) is 11.6. The summed E-state index contributed by atoms with van der Waals surface area (Å²) in [6, 6.07) is 16.7. The summed E-state index contributed by atoms with van der Waals surface area (Å²) < 4.78 is 0. The standard InChI is InChI=1S/C26H29N3O3/c30-24-13-12-23(25(31)28-24)29-16-20-14-17(6-11-22(20)26(29)32)15-27-21-9-7-19(8-10-21)18-4-2-1-3-5-18/h1-6,11,14,19,21,23,27H,7-10,12-13,15-16H2,(H,28,30,31)/t19-,21+,23?. The molecule has 166 valence electrons. The van der Waals surface area contributed by atoms with Gasteiger partial charge in [0.1, 0.15) is 6.04 Å². The molecule has 0 radical (unpaired) electrons. The number of hydrogen-bond acceptors (Lipinski definition) is 4. The lowest BCUT2D eigenvalue weighted by Gasteiger charge is -2.29. The SMILES string of the molecule is O=C1CCC(N2Cc3cc(CN[C@H]4CC[C@@H](c5ccccc5)CC4)ccc3C2=O)C(=O)N1. The number of rotatable bonds is 5. The number of hydrogen-bond donors (Lipinski definition) is 2. The van der Waals surface area contributed by atoms with Gasteiger partial charge in [-0.05, 0) is 60.8 Å². The van der Waals surface area contributed by atoms with Gasteiger partial charge in [-0.2, -0.15) is 0 Å². The molecule has 2 heterocycles. The second-order valence-corrected chi connectivity index (χ2v) is 9.23. The van der Waals surface area contributed by atoms with E-state index < -0.39 is 6.04 Å². The first-order chi connectivity index (χ1) is 15.6. The van der Waals surface area contributed by atoms with Gasteiger partial charge in [0.15, 0.2) is 0 Å². The largest absolute Gasteiger partial charge is 0.322 e. The van der Waals surface area contributed by atoms with Crippen molar-refractivity contribution in [3.8, 4) is 0 Å². The van der Waals surface area contributed by atoms with Gasteiger partial charge in [0, 0.05) is 31.1 Å². The molecule has 0 spiro atoms. The lowest BCUT2D eigenvalue weighted by Crippen LogP contribution is -2.52. The number of amides is 3. The normalized spacial score (nSPS) is 25.6. The molecule has 0 aromatic heterocycles. The van der Waals surface area contributed by atoms with Gasteiger partial charge in [-0.25, -0.2) is 0 Å². The van der Waals surface area contributed by atoms with E-state index in [-0.39, 0.29) is 24.1 Å². The van der Waals surface area contributed by atoms with Gasteiger partial charge in [-0.15, -0.1) is 0 Å². The van der Waals surface area contributed by atoms with E-state index in [0.29, 0.717) is 30.5 Å². The van der Waals surface area contributed by atoms with Crippen LogP contribution >= 0.6 is 0 Å². The van der Waals surface area contributed by atoms with Crippen LogP contribution in [0.25, 0.3) is 0 Å². The van der Waals surface area contributed by atoms with Crippen molar-refractivity contribution in [3.05, 3.63) is 70.8 Å². The van der Waals surface area contributed by atoms with Crippen molar-refractivity contribution in [2.75, 3.05) is 0 Å². The molecule has 32 heavy (non-hydrogen) atoms. The van der Waals surface area contributed by atoms with Crippen LogP contribution in [0.1, 0.15) is 71.5 Å². The molecule has 6 heteroatoms. The topological polar surface area (TPSA) is 78.5 Å². The van der Waals surface area contributed by atoms with Crippen molar-refractivity contribution in [3.63, 3.8) is 0 Å². The third-order valence-electron chi connectivity index (χ3n) is 7.18. The molecule has 5 rings (SSSR count). The minimum atomic E-state index is -0.561. The van der Waals surface area contributed by atoms with Gasteiger partial charge in [0.05, 0.1) is 0 Å². The lowest BCUT2D eigenvalue weighted by atomic mass is 9.82. The molecule has 2 aliphatic heterocycles. The summed E-state index contributed by atoms with van der Waals surface area (Å²) in [6.07, 6.45) is 5.43. The summed E-state index contributed by atoms with van der Waals surface area (Å²) in [6.45, 7) is 1.21. The van der Waals surface area contributed by atoms with Crippen molar-refractivity contribution in [1.29, 1.82) is 0 Å². The smallest absolute Gasteiger partial charge is 0.255 e. The van der Waals surface area contributed by atoms with Crippen LogP contribution in [0.4, 0.5) is 0 Å². The molecule has 1 aliphatic carbocycles. The minimum absolute atomic E-state index is 0.117. The van der Waals surface area contributed by atoms with Gasteiger partial charge in [0.25, 0.3) is 5.91 Å². The van der Waals surface area contributed by atoms with Crippen LogP contribution in [-0.2, 0) is 22.7 Å². The molecule has 0 bridgehead atoms. The van der Waals surface area contributed by atoms with Crippen LogP contribution in [-0.4, -0.2) is 34.7 Å².